The van der Waals surface area contributed by atoms with Gasteiger partial charge in [0.05, 0.1) is 5.69 Å². The highest BCUT2D eigenvalue weighted by Gasteiger charge is 2.29. The topological polar surface area (TPSA) is 67.5 Å². The molecule has 0 saturated heterocycles. The van der Waals surface area contributed by atoms with Crippen LogP contribution in [0.15, 0.2) is 0 Å². The second-order valence-corrected chi connectivity index (χ2v) is 5.84. The van der Waals surface area contributed by atoms with Crippen LogP contribution in [0.3, 0.4) is 0 Å². The van der Waals surface area contributed by atoms with Crippen molar-refractivity contribution in [3.63, 3.8) is 0 Å². The van der Waals surface area contributed by atoms with Crippen molar-refractivity contribution in [3.05, 3.63) is 16.4 Å². The van der Waals surface area contributed by atoms with Crippen molar-refractivity contribution in [2.45, 2.75) is 33.1 Å². The maximum atomic E-state index is 11.3. The van der Waals surface area contributed by atoms with Crippen LogP contribution in [-0.2, 0) is 5.41 Å². The molecule has 0 aliphatic rings. The molecule has 1 N–H and O–H groups in total. The van der Waals surface area contributed by atoms with Crippen molar-refractivity contribution in [2.75, 3.05) is 0 Å². The molecule has 86 valence electrons. The van der Waals surface area contributed by atoms with E-state index >= 15 is 0 Å². The van der Waals surface area contributed by atoms with Gasteiger partial charge in [-0.05, 0) is 6.92 Å². The molecule has 2 aromatic heterocycles. The van der Waals surface area contributed by atoms with Gasteiger partial charge in [0.15, 0.2) is 5.69 Å². The molecule has 0 aliphatic heterocycles. The molecule has 0 amide bonds. The van der Waals surface area contributed by atoms with E-state index in [0.29, 0.717) is 10.7 Å². The van der Waals surface area contributed by atoms with Gasteiger partial charge >= 0.3 is 5.97 Å². The summed E-state index contributed by atoms with van der Waals surface area (Å²) in [6.07, 6.45) is 0. The summed E-state index contributed by atoms with van der Waals surface area (Å²) >= 11 is 1.40. The third-order valence-corrected chi connectivity index (χ3v) is 3.04. The first-order valence-electron chi connectivity index (χ1n) is 4.90. The summed E-state index contributed by atoms with van der Waals surface area (Å²) in [5.74, 6) is -0.984. The highest BCUT2D eigenvalue weighted by Crippen LogP contribution is 2.28. The average Bonchev–Trinajstić information content (AvgIpc) is 2.56. The molecule has 0 radical (unpaired) electrons. The summed E-state index contributed by atoms with van der Waals surface area (Å²) in [4.78, 5) is 16.3. The molecule has 2 aromatic rings. The van der Waals surface area contributed by atoms with Crippen LogP contribution in [0.1, 0.15) is 42.0 Å². The lowest BCUT2D eigenvalue weighted by molar-refractivity contribution is 0.0685. The van der Waals surface area contributed by atoms with Gasteiger partial charge in [0.2, 0.25) is 4.96 Å². The van der Waals surface area contributed by atoms with Gasteiger partial charge in [0, 0.05) is 5.41 Å². The number of aryl methyl sites for hydroxylation is 1. The normalized spacial score (nSPS) is 12.2. The first-order chi connectivity index (χ1) is 7.30. The van der Waals surface area contributed by atoms with Gasteiger partial charge in [-0.3, -0.25) is 0 Å². The molecule has 2 rings (SSSR count). The van der Waals surface area contributed by atoms with Crippen molar-refractivity contribution >= 4 is 22.3 Å². The molecule has 0 fully saturated rings. The number of aromatic nitrogens is 3. The Hall–Kier alpha value is -1.43. The van der Waals surface area contributed by atoms with E-state index in [9.17, 15) is 9.90 Å². The predicted octanol–water partition coefficient (Wildman–Crippen LogP) is 2.09. The monoisotopic (exact) mass is 239 g/mol. The number of fused-ring (bicyclic) bond motifs is 1. The molecular formula is C10H13N3O2S. The number of carboxylic acid groups (broad SMARTS) is 1. The number of hydrogen-bond acceptors (Lipinski definition) is 4. The van der Waals surface area contributed by atoms with Gasteiger partial charge in [-0.15, -0.1) is 0 Å². The molecule has 0 aliphatic carbocycles. The van der Waals surface area contributed by atoms with E-state index in [1.807, 2.05) is 27.7 Å². The van der Waals surface area contributed by atoms with Crippen LogP contribution in [0.25, 0.3) is 4.96 Å². The van der Waals surface area contributed by atoms with Gasteiger partial charge < -0.3 is 5.11 Å². The Bertz CT molecular complexity index is 562. The summed E-state index contributed by atoms with van der Waals surface area (Å²) in [7, 11) is 0. The number of aromatic carboxylic acids is 1. The lowest BCUT2D eigenvalue weighted by Crippen LogP contribution is -2.18. The predicted molar refractivity (Wildman–Crippen MR) is 61.3 cm³/mol. The van der Waals surface area contributed by atoms with Crippen LogP contribution >= 0.6 is 11.3 Å². The highest BCUT2D eigenvalue weighted by molar-refractivity contribution is 7.16. The molecule has 5 nitrogen and oxygen atoms in total. The first kappa shape index (κ1) is 11.1. The Balaban J connectivity index is 2.80. The molecule has 16 heavy (non-hydrogen) atoms. The Kier molecular flexibility index (Phi) is 2.27. The number of nitrogens with zero attached hydrogens (tertiary/aromatic N) is 3. The smallest absolute Gasteiger partial charge is 0.356 e. The summed E-state index contributed by atoms with van der Waals surface area (Å²) in [5, 5.41) is 14.2. The quantitative estimate of drug-likeness (QED) is 0.827. The van der Waals surface area contributed by atoms with Gasteiger partial charge in [0.1, 0.15) is 5.01 Å². The van der Waals surface area contributed by atoms with Crippen molar-refractivity contribution < 1.29 is 9.90 Å². The molecule has 0 aromatic carbocycles. The van der Waals surface area contributed by atoms with E-state index in [4.69, 9.17) is 0 Å². The number of carboxylic acids is 1. The second-order valence-electron chi connectivity index (χ2n) is 4.68. The standard InChI is InChI=1S/C10H13N3O2S/c1-5-12-13-6(8(14)15)7(10(2,3)4)11-9(13)16-5/h1-4H3,(H,14,15). The summed E-state index contributed by atoms with van der Waals surface area (Å²) < 4.78 is 1.42. The maximum absolute atomic E-state index is 11.3. The Morgan fingerprint density at radius 1 is 1.44 bits per heavy atom. The SMILES string of the molecule is Cc1nn2c(C(=O)O)c(C(C)(C)C)nc2s1. The lowest BCUT2D eigenvalue weighted by atomic mass is 9.91. The molecule has 0 atom stereocenters. The Morgan fingerprint density at radius 3 is 2.56 bits per heavy atom. The van der Waals surface area contributed by atoms with Crippen LogP contribution in [-0.4, -0.2) is 25.7 Å². The molecule has 0 spiro atoms. The van der Waals surface area contributed by atoms with Gasteiger partial charge in [0.25, 0.3) is 0 Å². The van der Waals surface area contributed by atoms with Crippen molar-refractivity contribution in [3.8, 4) is 0 Å². The van der Waals surface area contributed by atoms with Crippen LogP contribution in [0.4, 0.5) is 0 Å². The Labute approximate surface area is 96.7 Å². The van der Waals surface area contributed by atoms with Crippen LogP contribution < -0.4 is 0 Å². The zero-order valence-corrected chi connectivity index (χ0v) is 10.4. The largest absolute Gasteiger partial charge is 0.476 e. The minimum Gasteiger partial charge on any atom is -0.476 e. The number of hydrogen-bond donors (Lipinski definition) is 1. The molecule has 0 bridgehead atoms. The number of imidazole rings is 1. The van der Waals surface area contributed by atoms with Gasteiger partial charge in [-0.1, -0.05) is 32.1 Å². The van der Waals surface area contributed by atoms with E-state index < -0.39 is 5.97 Å². The van der Waals surface area contributed by atoms with Gasteiger partial charge in [-0.2, -0.15) is 9.61 Å². The summed E-state index contributed by atoms with van der Waals surface area (Å²) in [5.41, 5.74) is 0.459. The maximum Gasteiger partial charge on any atom is 0.356 e. The van der Waals surface area contributed by atoms with E-state index in [-0.39, 0.29) is 11.1 Å². The van der Waals surface area contributed by atoms with Crippen LogP contribution in [0.2, 0.25) is 0 Å². The number of rotatable bonds is 1. The van der Waals surface area contributed by atoms with E-state index in [1.54, 1.807) is 0 Å². The van der Waals surface area contributed by atoms with Gasteiger partial charge in [-0.25, -0.2) is 9.78 Å². The summed E-state index contributed by atoms with van der Waals surface area (Å²) in [6, 6.07) is 0. The third kappa shape index (κ3) is 1.59. The summed E-state index contributed by atoms with van der Waals surface area (Å²) in [6.45, 7) is 7.66. The molecular weight excluding hydrogens is 226 g/mol. The van der Waals surface area contributed by atoms with Crippen LogP contribution in [0, 0.1) is 6.92 Å². The van der Waals surface area contributed by atoms with Crippen LogP contribution in [0.5, 0.6) is 0 Å². The second kappa shape index (κ2) is 3.28. The van der Waals surface area contributed by atoms with E-state index in [1.165, 1.54) is 15.9 Å². The molecule has 0 saturated carbocycles. The fourth-order valence-electron chi connectivity index (χ4n) is 1.56. The number of carbonyl (C=O) groups is 1. The molecule has 2 heterocycles. The van der Waals surface area contributed by atoms with Crippen molar-refractivity contribution in [2.24, 2.45) is 0 Å². The average molecular weight is 239 g/mol. The third-order valence-electron chi connectivity index (χ3n) is 2.22. The van der Waals surface area contributed by atoms with Crippen molar-refractivity contribution in [1.82, 2.24) is 14.6 Å². The minimum atomic E-state index is -0.984. The zero-order chi connectivity index (χ0) is 12.1. The van der Waals surface area contributed by atoms with E-state index in [0.717, 1.165) is 5.01 Å². The molecule has 0 unspecified atom stereocenters. The first-order valence-corrected chi connectivity index (χ1v) is 5.72. The molecule has 6 heteroatoms. The Morgan fingerprint density at radius 2 is 2.06 bits per heavy atom. The minimum absolute atomic E-state index is 0.173. The lowest BCUT2D eigenvalue weighted by Gasteiger charge is -2.15. The van der Waals surface area contributed by atoms with E-state index in [2.05, 4.69) is 10.1 Å². The van der Waals surface area contributed by atoms with Crippen molar-refractivity contribution in [1.29, 1.82) is 0 Å². The fourth-order valence-corrected chi connectivity index (χ4v) is 2.30. The fraction of sp³-hybridized carbons (Fsp3) is 0.500. The zero-order valence-electron chi connectivity index (χ0n) is 9.61. The highest BCUT2D eigenvalue weighted by atomic mass is 32.1.